The Morgan fingerprint density at radius 2 is 2.04 bits per heavy atom. The molecule has 3 N–H and O–H groups in total. The highest BCUT2D eigenvalue weighted by Gasteiger charge is 2.10. The van der Waals surface area contributed by atoms with Crippen molar-refractivity contribution in [2.45, 2.75) is 6.42 Å². The van der Waals surface area contributed by atoms with Crippen LogP contribution in [-0.4, -0.2) is 38.9 Å². The second kappa shape index (κ2) is 7.06. The van der Waals surface area contributed by atoms with Gasteiger partial charge in [0.05, 0.1) is 12.9 Å². The van der Waals surface area contributed by atoms with Gasteiger partial charge in [-0.25, -0.2) is 4.98 Å². The lowest BCUT2D eigenvalue weighted by Crippen LogP contribution is -2.31. The number of anilines is 1. The van der Waals surface area contributed by atoms with Crippen LogP contribution in [0.2, 0.25) is 5.28 Å². The van der Waals surface area contributed by atoms with Crippen molar-refractivity contribution in [3.05, 3.63) is 47.5 Å². The van der Waals surface area contributed by atoms with E-state index in [9.17, 15) is 4.79 Å². The summed E-state index contributed by atoms with van der Waals surface area (Å²) < 4.78 is 0. The molecule has 0 spiro atoms. The highest BCUT2D eigenvalue weighted by molar-refractivity contribution is 6.28. The molecule has 3 rings (SSSR count). The van der Waals surface area contributed by atoms with Crippen molar-refractivity contribution in [1.82, 2.24) is 25.3 Å². The second-order valence-corrected chi connectivity index (χ2v) is 5.22. The number of fused-ring (bicyclic) bond motifs is 1. The Labute approximate surface area is 137 Å². The minimum absolute atomic E-state index is 0.0802. The topological polar surface area (TPSA) is 95.6 Å². The Balaban J connectivity index is 1.51. The summed E-state index contributed by atoms with van der Waals surface area (Å²) in [5, 5.41) is 5.88. The molecule has 2 heterocycles. The number of aromatic amines is 1. The molecule has 1 amide bonds. The molecule has 0 fully saturated rings. The van der Waals surface area contributed by atoms with Gasteiger partial charge in [0.1, 0.15) is 5.52 Å². The van der Waals surface area contributed by atoms with E-state index in [1.54, 1.807) is 0 Å². The molecule has 23 heavy (non-hydrogen) atoms. The quantitative estimate of drug-likeness (QED) is 0.599. The van der Waals surface area contributed by atoms with Crippen LogP contribution in [0.1, 0.15) is 5.56 Å². The third-order valence-corrected chi connectivity index (χ3v) is 3.42. The van der Waals surface area contributed by atoms with E-state index in [0.29, 0.717) is 23.5 Å². The molecule has 7 nitrogen and oxygen atoms in total. The van der Waals surface area contributed by atoms with Gasteiger partial charge in [0.2, 0.25) is 11.2 Å². The smallest absolute Gasteiger partial charge is 0.239 e. The Kier molecular flexibility index (Phi) is 4.68. The predicted octanol–water partition coefficient (Wildman–Crippen LogP) is 1.78. The molecule has 118 valence electrons. The first-order valence-corrected chi connectivity index (χ1v) is 7.51. The molecule has 0 aliphatic heterocycles. The minimum Gasteiger partial charge on any atom is -0.359 e. The molecule has 8 heteroatoms. The van der Waals surface area contributed by atoms with Crippen molar-refractivity contribution < 1.29 is 4.79 Å². The molecule has 0 saturated carbocycles. The van der Waals surface area contributed by atoms with Crippen LogP contribution in [0.25, 0.3) is 11.2 Å². The summed E-state index contributed by atoms with van der Waals surface area (Å²) in [7, 11) is 0. The van der Waals surface area contributed by atoms with Gasteiger partial charge in [0, 0.05) is 6.54 Å². The fourth-order valence-electron chi connectivity index (χ4n) is 2.15. The highest BCUT2D eigenvalue weighted by Crippen LogP contribution is 2.17. The maximum absolute atomic E-state index is 11.9. The molecule has 0 aliphatic carbocycles. The van der Waals surface area contributed by atoms with Crippen molar-refractivity contribution in [2.24, 2.45) is 0 Å². The van der Waals surface area contributed by atoms with E-state index in [4.69, 9.17) is 11.6 Å². The summed E-state index contributed by atoms with van der Waals surface area (Å²) in [6, 6.07) is 9.99. The Bertz CT molecular complexity index is 804. The molecule has 0 bridgehead atoms. The van der Waals surface area contributed by atoms with Crippen molar-refractivity contribution in [1.29, 1.82) is 0 Å². The van der Waals surface area contributed by atoms with E-state index < -0.39 is 0 Å². The molecular formula is C15H15ClN6O. The van der Waals surface area contributed by atoms with Gasteiger partial charge in [0.25, 0.3) is 0 Å². The zero-order chi connectivity index (χ0) is 16.1. The van der Waals surface area contributed by atoms with E-state index in [0.717, 1.165) is 6.42 Å². The predicted molar refractivity (Wildman–Crippen MR) is 88.3 cm³/mol. The first kappa shape index (κ1) is 15.2. The van der Waals surface area contributed by atoms with Crippen molar-refractivity contribution in [3.63, 3.8) is 0 Å². The number of hydrogen-bond acceptors (Lipinski definition) is 5. The van der Waals surface area contributed by atoms with Gasteiger partial charge in [-0.2, -0.15) is 9.97 Å². The van der Waals surface area contributed by atoms with E-state index in [2.05, 4.69) is 30.6 Å². The normalized spacial score (nSPS) is 10.7. The van der Waals surface area contributed by atoms with Crippen molar-refractivity contribution in [2.75, 3.05) is 18.4 Å². The number of hydrogen-bond donors (Lipinski definition) is 3. The molecule has 0 atom stereocenters. The number of rotatable bonds is 6. The zero-order valence-corrected chi connectivity index (χ0v) is 13.0. The van der Waals surface area contributed by atoms with Gasteiger partial charge in [0.15, 0.2) is 11.5 Å². The van der Waals surface area contributed by atoms with Crippen LogP contribution >= 0.6 is 11.6 Å². The van der Waals surface area contributed by atoms with Gasteiger partial charge in [-0.15, -0.1) is 0 Å². The van der Waals surface area contributed by atoms with Gasteiger partial charge >= 0.3 is 0 Å². The Morgan fingerprint density at radius 3 is 2.87 bits per heavy atom. The third kappa shape index (κ3) is 3.95. The van der Waals surface area contributed by atoms with Gasteiger partial charge in [-0.3, -0.25) is 4.79 Å². The molecule has 0 radical (unpaired) electrons. The summed E-state index contributed by atoms with van der Waals surface area (Å²) in [5.41, 5.74) is 2.26. The van der Waals surface area contributed by atoms with Crippen LogP contribution in [0.4, 0.5) is 5.82 Å². The Hall–Kier alpha value is -2.67. The number of benzene rings is 1. The molecule has 3 aromatic rings. The SMILES string of the molecule is O=C(CNc1nc(Cl)nc2nc[nH]c12)NCCc1ccccc1. The number of carbonyl (C=O) groups excluding carboxylic acids is 1. The number of nitrogens with zero attached hydrogens (tertiary/aromatic N) is 3. The zero-order valence-electron chi connectivity index (χ0n) is 12.2. The van der Waals surface area contributed by atoms with Gasteiger partial charge < -0.3 is 15.6 Å². The second-order valence-electron chi connectivity index (χ2n) is 4.88. The molecule has 0 unspecified atom stereocenters. The molecule has 0 saturated heterocycles. The lowest BCUT2D eigenvalue weighted by Gasteiger charge is -2.08. The number of H-pyrrole nitrogens is 1. The molecular weight excluding hydrogens is 316 g/mol. The van der Waals surface area contributed by atoms with Crippen LogP contribution in [-0.2, 0) is 11.2 Å². The van der Waals surface area contributed by atoms with Crippen LogP contribution in [0.15, 0.2) is 36.7 Å². The van der Waals surface area contributed by atoms with E-state index in [1.165, 1.54) is 11.9 Å². The third-order valence-electron chi connectivity index (χ3n) is 3.25. The summed E-state index contributed by atoms with van der Waals surface area (Å²) in [5.74, 6) is 0.332. The number of nitrogens with one attached hydrogen (secondary N) is 3. The summed E-state index contributed by atoms with van der Waals surface area (Å²) in [6.07, 6.45) is 2.29. The van der Waals surface area contributed by atoms with Crippen LogP contribution in [0.3, 0.4) is 0 Å². The maximum Gasteiger partial charge on any atom is 0.239 e. The lowest BCUT2D eigenvalue weighted by atomic mass is 10.1. The maximum atomic E-state index is 11.9. The van der Waals surface area contributed by atoms with Crippen LogP contribution < -0.4 is 10.6 Å². The summed E-state index contributed by atoms with van der Waals surface area (Å²) in [6.45, 7) is 0.671. The van der Waals surface area contributed by atoms with Crippen LogP contribution in [0.5, 0.6) is 0 Å². The van der Waals surface area contributed by atoms with Gasteiger partial charge in [-0.05, 0) is 23.6 Å². The van der Waals surface area contributed by atoms with Crippen LogP contribution in [0, 0.1) is 0 Å². The lowest BCUT2D eigenvalue weighted by molar-refractivity contribution is -0.119. The largest absolute Gasteiger partial charge is 0.359 e. The number of amides is 1. The first-order chi connectivity index (χ1) is 11.2. The van der Waals surface area contributed by atoms with E-state index in [-0.39, 0.29) is 17.7 Å². The highest BCUT2D eigenvalue weighted by atomic mass is 35.5. The number of imidazole rings is 1. The number of aromatic nitrogens is 4. The average molecular weight is 331 g/mol. The first-order valence-electron chi connectivity index (χ1n) is 7.13. The average Bonchev–Trinajstić information content (AvgIpc) is 3.02. The number of carbonyl (C=O) groups is 1. The fourth-order valence-corrected chi connectivity index (χ4v) is 2.32. The minimum atomic E-state index is -0.122. The van der Waals surface area contributed by atoms with Crippen molar-refractivity contribution >= 4 is 34.5 Å². The van der Waals surface area contributed by atoms with E-state index in [1.807, 2.05) is 30.3 Å². The summed E-state index contributed by atoms with van der Waals surface area (Å²) >= 11 is 5.83. The van der Waals surface area contributed by atoms with E-state index >= 15 is 0 Å². The molecule has 0 aliphatic rings. The number of halogens is 1. The van der Waals surface area contributed by atoms with Gasteiger partial charge in [-0.1, -0.05) is 30.3 Å². The fraction of sp³-hybridized carbons (Fsp3) is 0.200. The molecule has 2 aromatic heterocycles. The Morgan fingerprint density at radius 1 is 1.22 bits per heavy atom. The van der Waals surface area contributed by atoms with Crippen molar-refractivity contribution in [3.8, 4) is 0 Å². The standard InChI is InChI=1S/C15H15ClN6O/c16-15-21-13(12-14(22-15)20-9-19-12)18-8-11(23)17-7-6-10-4-2-1-3-5-10/h1-5,9H,6-8H2,(H,17,23)(H2,18,19,20,21,22). The summed E-state index contributed by atoms with van der Waals surface area (Å²) in [4.78, 5) is 26.9. The molecule has 1 aromatic carbocycles. The monoisotopic (exact) mass is 330 g/mol.